The molecule has 1 spiro atoms. The fraction of sp³-hybridized carbons (Fsp3) is 0.722. The number of amides is 2. The second kappa shape index (κ2) is 7.06. The molecule has 0 N–H and O–H groups in total. The Labute approximate surface area is 148 Å². The van der Waals surface area contributed by atoms with Crippen LogP contribution in [0.5, 0.6) is 0 Å². The summed E-state index contributed by atoms with van der Waals surface area (Å²) in [7, 11) is 0. The van der Waals surface area contributed by atoms with Gasteiger partial charge in [-0.1, -0.05) is 13.3 Å². The van der Waals surface area contributed by atoms with E-state index in [1.54, 1.807) is 10.9 Å². The predicted octanol–water partition coefficient (Wildman–Crippen LogP) is 2.19. The molecule has 7 nitrogen and oxygen atoms in total. The summed E-state index contributed by atoms with van der Waals surface area (Å²) in [6.45, 7) is 8.31. The van der Waals surface area contributed by atoms with Gasteiger partial charge in [-0.15, -0.1) is 0 Å². The van der Waals surface area contributed by atoms with Crippen molar-refractivity contribution in [2.75, 3.05) is 19.6 Å². The molecular formula is C18H28N4O3. The van der Waals surface area contributed by atoms with E-state index in [0.717, 1.165) is 18.5 Å². The van der Waals surface area contributed by atoms with E-state index in [1.807, 2.05) is 22.8 Å². The van der Waals surface area contributed by atoms with Crippen LogP contribution < -0.4 is 0 Å². The van der Waals surface area contributed by atoms with Crippen LogP contribution >= 0.6 is 0 Å². The molecule has 3 rings (SSSR count). The van der Waals surface area contributed by atoms with Crippen molar-refractivity contribution >= 4 is 12.0 Å². The molecule has 0 radical (unpaired) electrons. The molecular weight excluding hydrogens is 320 g/mol. The molecule has 2 saturated heterocycles. The molecule has 1 atom stereocenters. The van der Waals surface area contributed by atoms with Gasteiger partial charge in [-0.3, -0.25) is 9.48 Å². The Kier molecular flexibility index (Phi) is 5.01. The van der Waals surface area contributed by atoms with E-state index in [2.05, 4.69) is 18.9 Å². The second-order valence-corrected chi connectivity index (χ2v) is 7.33. The van der Waals surface area contributed by atoms with Gasteiger partial charge < -0.3 is 14.5 Å². The second-order valence-electron chi connectivity index (χ2n) is 7.33. The Morgan fingerprint density at radius 1 is 1.40 bits per heavy atom. The molecule has 2 amide bonds. The molecule has 2 aliphatic heterocycles. The molecule has 0 unspecified atom stereocenters. The number of rotatable bonds is 5. The number of nitrogens with zero attached hydrogens (tertiary/aromatic N) is 4. The van der Waals surface area contributed by atoms with E-state index < -0.39 is 5.60 Å². The van der Waals surface area contributed by atoms with Gasteiger partial charge in [-0.05, 0) is 26.3 Å². The highest BCUT2D eigenvalue weighted by molar-refractivity contribution is 5.76. The Bertz CT molecular complexity index is 634. The normalized spacial score (nSPS) is 20.8. The maximum Gasteiger partial charge on any atom is 0.410 e. The molecule has 25 heavy (non-hydrogen) atoms. The van der Waals surface area contributed by atoms with Crippen molar-refractivity contribution in [2.24, 2.45) is 0 Å². The molecule has 0 saturated carbocycles. The number of aromatic nitrogens is 2. The SMILES string of the molecule is CCC[C@@H](C)N1CC2(CCN(C(=O)Cn3nccc3C)CC2)OC1=O. The van der Waals surface area contributed by atoms with Crippen LogP contribution in [0.25, 0.3) is 0 Å². The first-order chi connectivity index (χ1) is 11.9. The lowest BCUT2D eigenvalue weighted by atomic mass is 9.91. The first-order valence-electron chi connectivity index (χ1n) is 9.20. The smallest absolute Gasteiger partial charge is 0.410 e. The average Bonchev–Trinajstić information content (AvgIpc) is 3.12. The van der Waals surface area contributed by atoms with Crippen molar-refractivity contribution in [3.05, 3.63) is 18.0 Å². The molecule has 3 heterocycles. The highest BCUT2D eigenvalue weighted by Gasteiger charge is 2.48. The quantitative estimate of drug-likeness (QED) is 0.818. The van der Waals surface area contributed by atoms with Crippen LogP contribution in [0.1, 0.15) is 45.2 Å². The number of likely N-dealkylation sites (tertiary alicyclic amines) is 1. The maximum atomic E-state index is 12.5. The lowest BCUT2D eigenvalue weighted by Gasteiger charge is -2.37. The Balaban J connectivity index is 1.56. The zero-order valence-electron chi connectivity index (χ0n) is 15.4. The highest BCUT2D eigenvalue weighted by Crippen LogP contribution is 2.34. The first-order valence-corrected chi connectivity index (χ1v) is 9.20. The van der Waals surface area contributed by atoms with E-state index in [9.17, 15) is 9.59 Å². The fourth-order valence-electron chi connectivity index (χ4n) is 3.78. The summed E-state index contributed by atoms with van der Waals surface area (Å²) < 4.78 is 7.47. The van der Waals surface area contributed by atoms with Crippen molar-refractivity contribution in [3.8, 4) is 0 Å². The van der Waals surface area contributed by atoms with Crippen LogP contribution in [0.4, 0.5) is 4.79 Å². The monoisotopic (exact) mass is 348 g/mol. The number of piperidine rings is 1. The topological polar surface area (TPSA) is 67.7 Å². The van der Waals surface area contributed by atoms with Gasteiger partial charge >= 0.3 is 6.09 Å². The number of hydrogen-bond acceptors (Lipinski definition) is 4. The fourth-order valence-corrected chi connectivity index (χ4v) is 3.78. The van der Waals surface area contributed by atoms with E-state index >= 15 is 0 Å². The van der Waals surface area contributed by atoms with Gasteiger partial charge in [0.15, 0.2) is 0 Å². The van der Waals surface area contributed by atoms with Gasteiger partial charge in [0.25, 0.3) is 0 Å². The summed E-state index contributed by atoms with van der Waals surface area (Å²) in [5.74, 6) is 0.0715. The molecule has 0 aliphatic carbocycles. The van der Waals surface area contributed by atoms with Crippen molar-refractivity contribution < 1.29 is 14.3 Å². The molecule has 7 heteroatoms. The van der Waals surface area contributed by atoms with Crippen LogP contribution in [-0.2, 0) is 16.1 Å². The van der Waals surface area contributed by atoms with Crippen molar-refractivity contribution in [1.82, 2.24) is 19.6 Å². The van der Waals surface area contributed by atoms with Gasteiger partial charge in [0.1, 0.15) is 12.1 Å². The molecule has 1 aromatic heterocycles. The third-order valence-electron chi connectivity index (χ3n) is 5.48. The van der Waals surface area contributed by atoms with Crippen LogP contribution in [0.3, 0.4) is 0 Å². The van der Waals surface area contributed by atoms with Crippen molar-refractivity contribution in [2.45, 2.75) is 64.6 Å². The minimum atomic E-state index is -0.419. The van der Waals surface area contributed by atoms with E-state index in [-0.39, 0.29) is 24.6 Å². The number of carbonyl (C=O) groups excluding carboxylic acids is 2. The largest absolute Gasteiger partial charge is 0.441 e. The zero-order valence-corrected chi connectivity index (χ0v) is 15.4. The Morgan fingerprint density at radius 3 is 2.72 bits per heavy atom. The van der Waals surface area contributed by atoms with Crippen molar-refractivity contribution in [1.29, 1.82) is 0 Å². The average molecular weight is 348 g/mol. The third-order valence-corrected chi connectivity index (χ3v) is 5.48. The van der Waals surface area contributed by atoms with Gasteiger partial charge in [0.05, 0.1) is 6.54 Å². The summed E-state index contributed by atoms with van der Waals surface area (Å²) >= 11 is 0. The van der Waals surface area contributed by atoms with Gasteiger partial charge in [-0.2, -0.15) is 5.10 Å². The molecule has 2 aliphatic rings. The van der Waals surface area contributed by atoms with Gasteiger partial charge in [-0.25, -0.2) is 4.79 Å². The minimum absolute atomic E-state index is 0.0715. The molecule has 0 aromatic carbocycles. The summed E-state index contributed by atoms with van der Waals surface area (Å²) in [6.07, 6.45) is 4.95. The lowest BCUT2D eigenvalue weighted by molar-refractivity contribution is -0.135. The molecule has 138 valence electrons. The Hall–Kier alpha value is -2.05. The van der Waals surface area contributed by atoms with Crippen LogP contribution in [0, 0.1) is 6.92 Å². The number of hydrogen-bond donors (Lipinski definition) is 0. The molecule has 1 aromatic rings. The van der Waals surface area contributed by atoms with E-state index in [1.165, 1.54) is 0 Å². The molecule has 0 bridgehead atoms. The van der Waals surface area contributed by atoms with Gasteiger partial charge in [0, 0.05) is 43.9 Å². The van der Waals surface area contributed by atoms with E-state index in [0.29, 0.717) is 32.5 Å². The summed E-state index contributed by atoms with van der Waals surface area (Å²) in [6, 6.07) is 2.10. The number of carbonyl (C=O) groups is 2. The zero-order chi connectivity index (χ0) is 18.0. The minimum Gasteiger partial charge on any atom is -0.441 e. The summed E-state index contributed by atoms with van der Waals surface area (Å²) in [4.78, 5) is 28.4. The first kappa shape index (κ1) is 17.8. The number of ether oxygens (including phenoxy) is 1. The van der Waals surface area contributed by atoms with Crippen LogP contribution in [-0.4, -0.2) is 62.9 Å². The third kappa shape index (κ3) is 3.65. The van der Waals surface area contributed by atoms with Crippen LogP contribution in [0.2, 0.25) is 0 Å². The number of aryl methyl sites for hydroxylation is 1. The Morgan fingerprint density at radius 2 is 2.12 bits per heavy atom. The standard InChI is InChI=1S/C18H28N4O3/c1-4-5-14(2)21-13-18(25-17(21)24)7-10-20(11-8-18)16(23)12-22-15(3)6-9-19-22/h6,9,14H,4-5,7-8,10-13H2,1-3H3/t14-/m1/s1. The summed E-state index contributed by atoms with van der Waals surface area (Å²) in [5.41, 5.74) is 0.560. The summed E-state index contributed by atoms with van der Waals surface area (Å²) in [5, 5.41) is 4.17. The van der Waals surface area contributed by atoms with Crippen LogP contribution in [0.15, 0.2) is 12.3 Å². The lowest BCUT2D eigenvalue weighted by Crippen LogP contribution is -2.49. The molecule has 2 fully saturated rings. The van der Waals surface area contributed by atoms with Gasteiger partial charge in [0.2, 0.25) is 5.91 Å². The highest BCUT2D eigenvalue weighted by atomic mass is 16.6. The maximum absolute atomic E-state index is 12.5. The van der Waals surface area contributed by atoms with E-state index in [4.69, 9.17) is 4.74 Å². The van der Waals surface area contributed by atoms with Crippen molar-refractivity contribution in [3.63, 3.8) is 0 Å². The predicted molar refractivity (Wildman–Crippen MR) is 93.1 cm³/mol.